The van der Waals surface area contributed by atoms with Gasteiger partial charge in [0.25, 0.3) is 0 Å². The van der Waals surface area contributed by atoms with Gasteiger partial charge in [0.1, 0.15) is 0 Å². The standard InChI is InChI=1S/C9H8BrNO3/c10-8-3-1-7(2-4-8)5-11-14-6-9(12)13/h1-5H,6H2,(H,12,13)/b11-5+. The number of carboxylic acids is 1. The van der Waals surface area contributed by atoms with Crippen LogP contribution in [0.2, 0.25) is 0 Å². The molecule has 0 aliphatic rings. The van der Waals surface area contributed by atoms with Gasteiger partial charge in [0, 0.05) is 4.47 Å². The van der Waals surface area contributed by atoms with Crippen molar-refractivity contribution in [3.05, 3.63) is 34.3 Å². The van der Waals surface area contributed by atoms with Crippen LogP contribution in [0.15, 0.2) is 33.9 Å². The van der Waals surface area contributed by atoms with Crippen molar-refractivity contribution in [3.8, 4) is 0 Å². The fraction of sp³-hybridized carbons (Fsp3) is 0.111. The van der Waals surface area contributed by atoms with E-state index in [2.05, 4.69) is 25.9 Å². The quantitative estimate of drug-likeness (QED) is 0.662. The Morgan fingerprint density at radius 3 is 2.71 bits per heavy atom. The lowest BCUT2D eigenvalue weighted by Crippen LogP contribution is -2.03. The molecular weight excluding hydrogens is 250 g/mol. The summed E-state index contributed by atoms with van der Waals surface area (Å²) in [6.45, 7) is -0.424. The largest absolute Gasteiger partial charge is 0.479 e. The molecule has 0 aliphatic heterocycles. The van der Waals surface area contributed by atoms with Crippen LogP contribution < -0.4 is 0 Å². The molecule has 0 saturated carbocycles. The Hall–Kier alpha value is -1.36. The summed E-state index contributed by atoms with van der Waals surface area (Å²) in [5.74, 6) is -1.04. The number of carboxylic acid groups (broad SMARTS) is 1. The fourth-order valence-electron chi connectivity index (χ4n) is 0.739. The number of hydrogen-bond acceptors (Lipinski definition) is 3. The molecule has 0 saturated heterocycles. The first-order valence-corrected chi connectivity index (χ1v) is 4.60. The molecule has 1 N–H and O–H groups in total. The van der Waals surface area contributed by atoms with Crippen LogP contribution in [0, 0.1) is 0 Å². The van der Waals surface area contributed by atoms with Gasteiger partial charge < -0.3 is 9.94 Å². The highest BCUT2D eigenvalue weighted by molar-refractivity contribution is 9.10. The first-order valence-electron chi connectivity index (χ1n) is 3.81. The second-order valence-electron chi connectivity index (χ2n) is 2.45. The van der Waals surface area contributed by atoms with Gasteiger partial charge in [-0.2, -0.15) is 0 Å². The summed E-state index contributed by atoms with van der Waals surface area (Å²) in [4.78, 5) is 14.5. The van der Waals surface area contributed by atoms with Crippen LogP contribution >= 0.6 is 15.9 Å². The zero-order valence-corrected chi connectivity index (χ0v) is 8.77. The summed E-state index contributed by atoms with van der Waals surface area (Å²) in [5.41, 5.74) is 0.846. The van der Waals surface area contributed by atoms with Crippen molar-refractivity contribution in [1.29, 1.82) is 0 Å². The van der Waals surface area contributed by atoms with E-state index in [0.717, 1.165) is 10.0 Å². The second-order valence-corrected chi connectivity index (χ2v) is 3.37. The summed E-state index contributed by atoms with van der Waals surface area (Å²) >= 11 is 3.29. The molecular formula is C9H8BrNO3. The molecule has 0 heterocycles. The number of aliphatic carboxylic acids is 1. The van der Waals surface area contributed by atoms with E-state index in [0.29, 0.717) is 0 Å². The highest BCUT2D eigenvalue weighted by atomic mass is 79.9. The van der Waals surface area contributed by atoms with E-state index in [4.69, 9.17) is 5.11 Å². The van der Waals surface area contributed by atoms with E-state index in [1.54, 1.807) is 0 Å². The Bertz CT molecular complexity index is 334. The molecule has 74 valence electrons. The van der Waals surface area contributed by atoms with E-state index in [1.807, 2.05) is 24.3 Å². The third-order valence-corrected chi connectivity index (χ3v) is 1.86. The minimum atomic E-state index is -1.04. The minimum absolute atomic E-state index is 0.424. The van der Waals surface area contributed by atoms with E-state index in [1.165, 1.54) is 6.21 Å². The van der Waals surface area contributed by atoms with Gasteiger partial charge in [0.15, 0.2) is 0 Å². The summed E-state index contributed by atoms with van der Waals surface area (Å²) in [6, 6.07) is 7.38. The Balaban J connectivity index is 2.44. The molecule has 0 amide bonds. The van der Waals surface area contributed by atoms with E-state index in [9.17, 15) is 4.79 Å². The number of rotatable bonds is 4. The first-order chi connectivity index (χ1) is 6.68. The molecule has 5 heteroatoms. The van der Waals surface area contributed by atoms with Crippen molar-refractivity contribution >= 4 is 28.1 Å². The summed E-state index contributed by atoms with van der Waals surface area (Å²) in [7, 11) is 0. The van der Waals surface area contributed by atoms with Crippen LogP contribution in [0.1, 0.15) is 5.56 Å². The Labute approximate surface area is 89.3 Å². The number of carbonyl (C=O) groups is 1. The molecule has 14 heavy (non-hydrogen) atoms. The molecule has 0 radical (unpaired) electrons. The number of nitrogens with zero attached hydrogens (tertiary/aromatic N) is 1. The third-order valence-electron chi connectivity index (χ3n) is 1.33. The molecule has 0 spiro atoms. The molecule has 4 nitrogen and oxygen atoms in total. The molecule has 0 bridgehead atoms. The molecule has 1 rings (SSSR count). The van der Waals surface area contributed by atoms with E-state index < -0.39 is 12.6 Å². The summed E-state index contributed by atoms with van der Waals surface area (Å²) in [6.07, 6.45) is 1.45. The number of halogens is 1. The molecule has 0 fully saturated rings. The molecule has 0 aliphatic carbocycles. The summed E-state index contributed by atoms with van der Waals surface area (Å²) < 4.78 is 0.973. The summed E-state index contributed by atoms with van der Waals surface area (Å²) in [5, 5.41) is 11.7. The van der Waals surface area contributed by atoms with Gasteiger partial charge in [0.05, 0.1) is 6.21 Å². The Morgan fingerprint density at radius 1 is 1.50 bits per heavy atom. The first kappa shape index (κ1) is 10.7. The maximum atomic E-state index is 10.1. The van der Waals surface area contributed by atoms with Crippen LogP contribution in [0.5, 0.6) is 0 Å². The average Bonchev–Trinajstić information content (AvgIpc) is 2.15. The number of hydrogen-bond donors (Lipinski definition) is 1. The highest BCUT2D eigenvalue weighted by Gasteiger charge is 1.93. The van der Waals surface area contributed by atoms with Crippen molar-refractivity contribution in [3.63, 3.8) is 0 Å². The normalized spacial score (nSPS) is 10.4. The van der Waals surface area contributed by atoms with E-state index >= 15 is 0 Å². The van der Waals surface area contributed by atoms with Crippen LogP contribution in [0.4, 0.5) is 0 Å². The predicted octanol–water partition coefficient (Wildman–Crippen LogP) is 1.88. The van der Waals surface area contributed by atoms with Crippen molar-refractivity contribution < 1.29 is 14.7 Å². The maximum Gasteiger partial charge on any atom is 0.344 e. The molecule has 1 aromatic rings. The lowest BCUT2D eigenvalue weighted by molar-refractivity contribution is -0.142. The lowest BCUT2D eigenvalue weighted by atomic mass is 10.2. The van der Waals surface area contributed by atoms with E-state index in [-0.39, 0.29) is 0 Å². The van der Waals surface area contributed by atoms with Gasteiger partial charge in [-0.15, -0.1) is 0 Å². The van der Waals surface area contributed by atoms with Crippen molar-refractivity contribution in [2.75, 3.05) is 6.61 Å². The fourth-order valence-corrected chi connectivity index (χ4v) is 1.00. The predicted molar refractivity (Wildman–Crippen MR) is 55.3 cm³/mol. The van der Waals surface area contributed by atoms with Crippen LogP contribution in [-0.4, -0.2) is 23.9 Å². The third kappa shape index (κ3) is 4.04. The van der Waals surface area contributed by atoms with Crippen LogP contribution in [0.3, 0.4) is 0 Å². The highest BCUT2D eigenvalue weighted by Crippen LogP contribution is 2.08. The molecule has 0 unspecified atom stereocenters. The van der Waals surface area contributed by atoms with Gasteiger partial charge in [-0.05, 0) is 17.7 Å². The smallest absolute Gasteiger partial charge is 0.344 e. The number of benzene rings is 1. The second kappa shape index (κ2) is 5.39. The number of oxime groups is 1. The van der Waals surface area contributed by atoms with Crippen molar-refractivity contribution in [1.82, 2.24) is 0 Å². The minimum Gasteiger partial charge on any atom is -0.479 e. The maximum absolute atomic E-state index is 10.1. The van der Waals surface area contributed by atoms with Crippen LogP contribution in [-0.2, 0) is 9.63 Å². The van der Waals surface area contributed by atoms with Gasteiger partial charge in [-0.1, -0.05) is 33.2 Å². The lowest BCUT2D eigenvalue weighted by Gasteiger charge is -1.94. The monoisotopic (exact) mass is 257 g/mol. The Morgan fingerprint density at radius 2 is 2.14 bits per heavy atom. The zero-order valence-electron chi connectivity index (χ0n) is 7.18. The van der Waals surface area contributed by atoms with Gasteiger partial charge >= 0.3 is 5.97 Å². The van der Waals surface area contributed by atoms with Crippen molar-refractivity contribution in [2.45, 2.75) is 0 Å². The van der Waals surface area contributed by atoms with Gasteiger partial charge in [0.2, 0.25) is 6.61 Å². The average molecular weight is 258 g/mol. The van der Waals surface area contributed by atoms with Gasteiger partial charge in [-0.25, -0.2) is 4.79 Å². The SMILES string of the molecule is O=C(O)CO/N=C/c1ccc(Br)cc1. The van der Waals surface area contributed by atoms with Crippen molar-refractivity contribution in [2.24, 2.45) is 5.16 Å². The molecule has 0 aromatic heterocycles. The van der Waals surface area contributed by atoms with Gasteiger partial charge in [-0.3, -0.25) is 0 Å². The Kier molecular flexibility index (Phi) is 4.12. The molecule has 1 aromatic carbocycles. The topological polar surface area (TPSA) is 58.9 Å². The zero-order chi connectivity index (χ0) is 10.4. The van der Waals surface area contributed by atoms with Crippen LogP contribution in [0.25, 0.3) is 0 Å². The molecule has 0 atom stereocenters.